The fourth-order valence-electron chi connectivity index (χ4n) is 2.42. The van der Waals surface area contributed by atoms with Gasteiger partial charge in [-0.05, 0) is 38.8 Å². The smallest absolute Gasteiger partial charge is 0.323 e. The van der Waals surface area contributed by atoms with Gasteiger partial charge in [-0.3, -0.25) is 4.79 Å². The van der Waals surface area contributed by atoms with Gasteiger partial charge >= 0.3 is 12.0 Å². The molecule has 0 aromatic heterocycles. The average molecular weight is 255 g/mol. The van der Waals surface area contributed by atoms with Crippen LogP contribution in [-0.4, -0.2) is 66.2 Å². The van der Waals surface area contributed by atoms with Crippen molar-refractivity contribution in [1.29, 1.82) is 0 Å². The van der Waals surface area contributed by atoms with E-state index in [9.17, 15) is 9.59 Å². The molecule has 2 N–H and O–H groups in total. The number of carboxylic acids is 1. The molecule has 18 heavy (non-hydrogen) atoms. The highest BCUT2D eigenvalue weighted by atomic mass is 16.4. The standard InChI is InChI=1S/C12H21N3O3/c1-14-5-4-9(7-14)6-13-12(18)15(8-11(16)17)10-2-3-10/h9-10H,2-8H2,1H3,(H,13,18)(H,16,17). The fraction of sp³-hybridized carbons (Fsp3) is 0.833. The van der Waals surface area contributed by atoms with Gasteiger partial charge in [-0.15, -0.1) is 0 Å². The maximum Gasteiger partial charge on any atom is 0.323 e. The quantitative estimate of drug-likeness (QED) is 0.736. The summed E-state index contributed by atoms with van der Waals surface area (Å²) in [6.07, 6.45) is 2.94. The summed E-state index contributed by atoms with van der Waals surface area (Å²) in [5, 5.41) is 11.7. The molecule has 1 heterocycles. The number of likely N-dealkylation sites (tertiary alicyclic amines) is 1. The highest BCUT2D eigenvalue weighted by Gasteiger charge is 2.34. The first-order chi connectivity index (χ1) is 8.56. The Balaban J connectivity index is 1.76. The molecule has 2 fully saturated rings. The SMILES string of the molecule is CN1CCC(CNC(=O)N(CC(=O)O)C2CC2)C1. The minimum absolute atomic E-state index is 0.132. The van der Waals surface area contributed by atoms with Crippen LogP contribution in [0.15, 0.2) is 0 Å². The second-order valence-electron chi connectivity index (χ2n) is 5.36. The second-order valence-corrected chi connectivity index (χ2v) is 5.36. The van der Waals surface area contributed by atoms with Gasteiger partial charge in [0, 0.05) is 19.1 Å². The van der Waals surface area contributed by atoms with Gasteiger partial charge in [-0.1, -0.05) is 0 Å². The lowest BCUT2D eigenvalue weighted by molar-refractivity contribution is -0.137. The van der Waals surface area contributed by atoms with Gasteiger partial charge in [0.1, 0.15) is 6.54 Å². The van der Waals surface area contributed by atoms with Crippen molar-refractivity contribution in [2.45, 2.75) is 25.3 Å². The largest absolute Gasteiger partial charge is 0.480 e. The summed E-state index contributed by atoms with van der Waals surface area (Å²) in [6, 6.07) is -0.0956. The van der Waals surface area contributed by atoms with Crippen LogP contribution in [0.2, 0.25) is 0 Å². The lowest BCUT2D eigenvalue weighted by Crippen LogP contribution is -2.45. The summed E-state index contributed by atoms with van der Waals surface area (Å²) < 4.78 is 0. The molecule has 6 heteroatoms. The molecule has 1 unspecified atom stereocenters. The molecule has 1 atom stereocenters. The number of carbonyl (C=O) groups excluding carboxylic acids is 1. The van der Waals surface area contributed by atoms with Crippen molar-refractivity contribution in [2.24, 2.45) is 5.92 Å². The molecular weight excluding hydrogens is 234 g/mol. The van der Waals surface area contributed by atoms with E-state index in [0.717, 1.165) is 32.4 Å². The van der Waals surface area contributed by atoms with Crippen LogP contribution >= 0.6 is 0 Å². The molecular formula is C12H21N3O3. The first kappa shape index (κ1) is 13.1. The summed E-state index contributed by atoms with van der Waals surface area (Å²) in [5.41, 5.74) is 0. The van der Waals surface area contributed by atoms with Gasteiger partial charge in [-0.2, -0.15) is 0 Å². The van der Waals surface area contributed by atoms with Crippen LogP contribution in [0.4, 0.5) is 4.79 Å². The summed E-state index contributed by atoms with van der Waals surface area (Å²) in [5.74, 6) is -0.456. The van der Waals surface area contributed by atoms with Crippen LogP contribution in [0.1, 0.15) is 19.3 Å². The lowest BCUT2D eigenvalue weighted by atomic mass is 10.1. The molecule has 2 rings (SSSR count). The topological polar surface area (TPSA) is 72.9 Å². The third kappa shape index (κ3) is 3.60. The molecule has 1 aliphatic carbocycles. The Morgan fingerprint density at radius 3 is 2.61 bits per heavy atom. The van der Waals surface area contributed by atoms with E-state index in [1.165, 1.54) is 4.90 Å². The van der Waals surface area contributed by atoms with Gasteiger partial charge in [0.15, 0.2) is 0 Å². The monoisotopic (exact) mass is 255 g/mol. The van der Waals surface area contributed by atoms with E-state index in [-0.39, 0.29) is 18.6 Å². The van der Waals surface area contributed by atoms with E-state index in [4.69, 9.17) is 5.11 Å². The molecule has 1 saturated heterocycles. The van der Waals surface area contributed by atoms with E-state index in [1.54, 1.807) is 0 Å². The predicted octanol–water partition coefficient (Wildman–Crippen LogP) is 0.197. The Kier molecular flexibility index (Phi) is 4.06. The zero-order valence-electron chi connectivity index (χ0n) is 10.8. The maximum atomic E-state index is 11.9. The number of amides is 2. The van der Waals surface area contributed by atoms with Crippen LogP contribution in [0.5, 0.6) is 0 Å². The number of carboxylic acid groups (broad SMARTS) is 1. The van der Waals surface area contributed by atoms with E-state index in [2.05, 4.69) is 17.3 Å². The zero-order chi connectivity index (χ0) is 13.1. The Morgan fingerprint density at radius 1 is 1.39 bits per heavy atom. The minimum Gasteiger partial charge on any atom is -0.480 e. The average Bonchev–Trinajstić information content (AvgIpc) is 3.06. The first-order valence-corrected chi connectivity index (χ1v) is 6.51. The Hall–Kier alpha value is -1.30. The highest BCUT2D eigenvalue weighted by molar-refractivity contribution is 5.80. The molecule has 102 valence electrons. The van der Waals surface area contributed by atoms with Crippen molar-refractivity contribution < 1.29 is 14.7 Å². The van der Waals surface area contributed by atoms with Crippen LogP contribution < -0.4 is 5.32 Å². The third-order valence-corrected chi connectivity index (χ3v) is 3.59. The van der Waals surface area contributed by atoms with Gasteiger partial charge in [0.05, 0.1) is 0 Å². The number of hydrogen-bond acceptors (Lipinski definition) is 3. The number of rotatable bonds is 5. The zero-order valence-corrected chi connectivity index (χ0v) is 10.8. The molecule has 0 spiro atoms. The summed E-state index contributed by atoms with van der Waals surface area (Å²) >= 11 is 0. The van der Waals surface area contributed by atoms with Crippen LogP contribution in [0.25, 0.3) is 0 Å². The van der Waals surface area contributed by atoms with Crippen LogP contribution in [0, 0.1) is 5.92 Å². The van der Waals surface area contributed by atoms with Crippen molar-refractivity contribution in [3.63, 3.8) is 0 Å². The van der Waals surface area contributed by atoms with Gasteiger partial charge < -0.3 is 20.2 Å². The summed E-state index contributed by atoms with van der Waals surface area (Å²) in [6.45, 7) is 2.53. The second kappa shape index (κ2) is 5.56. The Labute approximate surface area is 107 Å². The molecule has 1 saturated carbocycles. The third-order valence-electron chi connectivity index (χ3n) is 3.59. The summed E-state index contributed by atoms with van der Waals surface area (Å²) in [4.78, 5) is 26.3. The van der Waals surface area contributed by atoms with Gasteiger partial charge in [-0.25, -0.2) is 4.79 Å². The van der Waals surface area contributed by atoms with Gasteiger partial charge in [0.25, 0.3) is 0 Å². The number of carbonyl (C=O) groups is 2. The van der Waals surface area contributed by atoms with Crippen molar-refractivity contribution >= 4 is 12.0 Å². The van der Waals surface area contributed by atoms with Crippen molar-refractivity contribution in [1.82, 2.24) is 15.1 Å². The lowest BCUT2D eigenvalue weighted by Gasteiger charge is -2.22. The van der Waals surface area contributed by atoms with Crippen LogP contribution in [0.3, 0.4) is 0 Å². The van der Waals surface area contributed by atoms with E-state index < -0.39 is 5.97 Å². The molecule has 0 aromatic carbocycles. The number of aliphatic carboxylic acids is 1. The molecule has 0 bridgehead atoms. The minimum atomic E-state index is -0.947. The number of nitrogens with one attached hydrogen (secondary N) is 1. The molecule has 1 aliphatic heterocycles. The van der Waals surface area contributed by atoms with Gasteiger partial charge in [0.2, 0.25) is 0 Å². The van der Waals surface area contributed by atoms with E-state index in [1.807, 2.05) is 0 Å². The van der Waals surface area contributed by atoms with Crippen molar-refractivity contribution in [3.05, 3.63) is 0 Å². The van der Waals surface area contributed by atoms with Crippen molar-refractivity contribution in [2.75, 3.05) is 33.2 Å². The maximum absolute atomic E-state index is 11.9. The normalized spacial score (nSPS) is 23.9. The molecule has 2 amide bonds. The fourth-order valence-corrected chi connectivity index (χ4v) is 2.42. The highest BCUT2D eigenvalue weighted by Crippen LogP contribution is 2.26. The van der Waals surface area contributed by atoms with E-state index >= 15 is 0 Å². The molecule has 2 aliphatic rings. The van der Waals surface area contributed by atoms with Crippen molar-refractivity contribution in [3.8, 4) is 0 Å². The van der Waals surface area contributed by atoms with Crippen LogP contribution in [-0.2, 0) is 4.79 Å². The Bertz CT molecular complexity index is 331. The number of urea groups is 1. The summed E-state index contributed by atoms with van der Waals surface area (Å²) in [7, 11) is 2.07. The molecule has 0 radical (unpaired) electrons. The first-order valence-electron chi connectivity index (χ1n) is 6.51. The van der Waals surface area contributed by atoms with E-state index in [0.29, 0.717) is 12.5 Å². The molecule has 6 nitrogen and oxygen atoms in total. The molecule has 0 aromatic rings. The number of nitrogens with zero attached hydrogens (tertiary/aromatic N) is 2. The Morgan fingerprint density at radius 2 is 2.11 bits per heavy atom. The number of hydrogen-bond donors (Lipinski definition) is 2. The predicted molar refractivity (Wildman–Crippen MR) is 66.4 cm³/mol.